The molecule has 0 aliphatic rings. The molecule has 0 spiro atoms. The topological polar surface area (TPSA) is 77.1 Å². The first-order chi connectivity index (χ1) is 11.4. The van der Waals surface area contributed by atoms with Crippen LogP contribution in [0.1, 0.15) is 0 Å². The van der Waals surface area contributed by atoms with Crippen LogP contribution in [0.3, 0.4) is 0 Å². The second kappa shape index (κ2) is 5.84. The molecule has 24 heavy (non-hydrogen) atoms. The van der Waals surface area contributed by atoms with E-state index in [9.17, 15) is 18.0 Å². The SMILES string of the molecule is COc1nc(OC(=O)C(F)(F)F)cc(-c2ccc3cc[nH]c3c2)n1. The van der Waals surface area contributed by atoms with Crippen LogP contribution in [0.25, 0.3) is 22.2 Å². The van der Waals surface area contributed by atoms with E-state index in [-0.39, 0.29) is 11.7 Å². The molecule has 3 aromatic rings. The Balaban J connectivity index is 2.01. The zero-order valence-corrected chi connectivity index (χ0v) is 12.2. The number of H-pyrrole nitrogens is 1. The third kappa shape index (κ3) is 3.14. The van der Waals surface area contributed by atoms with Gasteiger partial charge >= 0.3 is 18.2 Å². The molecule has 2 aromatic heterocycles. The minimum atomic E-state index is -5.12. The molecule has 0 bridgehead atoms. The Labute approximate surface area is 133 Å². The number of hydrogen-bond acceptors (Lipinski definition) is 5. The van der Waals surface area contributed by atoms with Gasteiger partial charge in [-0.1, -0.05) is 12.1 Å². The molecule has 2 heterocycles. The van der Waals surface area contributed by atoms with Crippen molar-refractivity contribution < 1.29 is 27.4 Å². The highest BCUT2D eigenvalue weighted by Crippen LogP contribution is 2.27. The first kappa shape index (κ1) is 15.8. The van der Waals surface area contributed by atoms with Gasteiger partial charge in [-0.15, -0.1) is 0 Å². The van der Waals surface area contributed by atoms with Crippen LogP contribution < -0.4 is 9.47 Å². The molecule has 0 unspecified atom stereocenters. The zero-order chi connectivity index (χ0) is 17.3. The minimum absolute atomic E-state index is 0.218. The van der Waals surface area contributed by atoms with Gasteiger partial charge < -0.3 is 14.5 Å². The van der Waals surface area contributed by atoms with E-state index in [4.69, 9.17) is 4.74 Å². The third-order valence-corrected chi connectivity index (χ3v) is 3.14. The van der Waals surface area contributed by atoms with Gasteiger partial charge in [-0.25, -0.2) is 4.79 Å². The standard InChI is InChI=1S/C15H10F3N3O3/c1-23-14-20-11(7-12(21-14)24-13(22)15(16,17)18)9-3-2-8-4-5-19-10(8)6-9/h2-7,19H,1H3. The summed E-state index contributed by atoms with van der Waals surface area (Å²) in [6.45, 7) is 0. The van der Waals surface area contributed by atoms with Gasteiger partial charge in [-0.2, -0.15) is 23.1 Å². The number of hydrogen-bond donors (Lipinski definition) is 1. The average Bonchev–Trinajstić information content (AvgIpc) is 3.01. The molecule has 0 fully saturated rings. The van der Waals surface area contributed by atoms with Crippen molar-refractivity contribution in [1.29, 1.82) is 0 Å². The number of aromatic amines is 1. The van der Waals surface area contributed by atoms with Crippen LogP contribution in [0.5, 0.6) is 11.9 Å². The Bertz CT molecular complexity index is 906. The number of esters is 1. The van der Waals surface area contributed by atoms with E-state index in [1.165, 1.54) is 7.11 Å². The fraction of sp³-hybridized carbons (Fsp3) is 0.133. The van der Waals surface area contributed by atoms with E-state index in [1.807, 2.05) is 12.1 Å². The lowest BCUT2D eigenvalue weighted by molar-refractivity contribution is -0.190. The van der Waals surface area contributed by atoms with Crippen molar-refractivity contribution in [3.05, 3.63) is 36.5 Å². The number of nitrogens with one attached hydrogen (secondary N) is 1. The number of carbonyl (C=O) groups is 1. The Morgan fingerprint density at radius 3 is 2.67 bits per heavy atom. The highest BCUT2D eigenvalue weighted by molar-refractivity contribution is 5.84. The predicted octanol–water partition coefficient (Wildman–Crippen LogP) is 3.10. The number of rotatable bonds is 3. The first-order valence-electron chi connectivity index (χ1n) is 6.66. The fourth-order valence-corrected chi connectivity index (χ4v) is 2.06. The minimum Gasteiger partial charge on any atom is -0.467 e. The molecule has 0 amide bonds. The molecule has 1 N–H and O–H groups in total. The molecule has 0 atom stereocenters. The monoisotopic (exact) mass is 337 g/mol. The van der Waals surface area contributed by atoms with Crippen LogP contribution in [0.2, 0.25) is 0 Å². The Kier molecular flexibility index (Phi) is 3.84. The van der Waals surface area contributed by atoms with Crippen LogP contribution in [-0.2, 0) is 4.79 Å². The highest BCUT2D eigenvalue weighted by atomic mass is 19.4. The van der Waals surface area contributed by atoms with E-state index >= 15 is 0 Å². The van der Waals surface area contributed by atoms with Crippen LogP contribution >= 0.6 is 0 Å². The lowest BCUT2D eigenvalue weighted by atomic mass is 10.1. The summed E-state index contributed by atoms with van der Waals surface area (Å²) < 4.78 is 46.1. The molecule has 0 saturated heterocycles. The van der Waals surface area contributed by atoms with Crippen molar-refractivity contribution in [2.45, 2.75) is 6.18 Å². The average molecular weight is 337 g/mol. The van der Waals surface area contributed by atoms with Crippen LogP contribution in [0.15, 0.2) is 36.5 Å². The van der Waals surface area contributed by atoms with Gasteiger partial charge in [0.2, 0.25) is 5.88 Å². The number of fused-ring (bicyclic) bond motifs is 1. The van der Waals surface area contributed by atoms with E-state index in [1.54, 1.807) is 18.3 Å². The van der Waals surface area contributed by atoms with Crippen molar-refractivity contribution in [2.75, 3.05) is 7.11 Å². The lowest BCUT2D eigenvalue weighted by Gasteiger charge is -2.09. The number of alkyl halides is 3. The summed E-state index contributed by atoms with van der Waals surface area (Å²) >= 11 is 0. The van der Waals surface area contributed by atoms with Crippen molar-refractivity contribution in [1.82, 2.24) is 15.0 Å². The van der Waals surface area contributed by atoms with E-state index in [0.717, 1.165) is 17.0 Å². The molecule has 0 saturated carbocycles. The number of halogens is 3. The summed E-state index contributed by atoms with van der Waals surface area (Å²) in [5.41, 5.74) is 1.66. The van der Waals surface area contributed by atoms with E-state index in [2.05, 4.69) is 19.7 Å². The summed E-state index contributed by atoms with van der Waals surface area (Å²) in [5, 5.41) is 0.962. The Morgan fingerprint density at radius 2 is 1.96 bits per heavy atom. The smallest absolute Gasteiger partial charge is 0.467 e. The molecular weight excluding hydrogens is 327 g/mol. The second-order valence-electron chi connectivity index (χ2n) is 4.75. The normalized spacial score (nSPS) is 11.5. The van der Waals surface area contributed by atoms with Gasteiger partial charge in [-0.3, -0.25) is 0 Å². The van der Waals surface area contributed by atoms with Gasteiger partial charge in [0.1, 0.15) is 0 Å². The molecule has 3 rings (SSSR count). The lowest BCUT2D eigenvalue weighted by Crippen LogP contribution is -2.28. The number of ether oxygens (including phenoxy) is 2. The maximum atomic E-state index is 12.3. The van der Waals surface area contributed by atoms with Gasteiger partial charge in [0.05, 0.1) is 12.8 Å². The number of methoxy groups -OCH3 is 1. The maximum absolute atomic E-state index is 12.3. The zero-order valence-electron chi connectivity index (χ0n) is 12.2. The molecule has 0 radical (unpaired) electrons. The number of benzene rings is 1. The maximum Gasteiger partial charge on any atom is 0.491 e. The Hall–Kier alpha value is -3.10. The van der Waals surface area contributed by atoms with Crippen molar-refractivity contribution in [3.8, 4) is 23.1 Å². The Morgan fingerprint density at radius 1 is 1.17 bits per heavy atom. The first-order valence-corrected chi connectivity index (χ1v) is 6.66. The molecule has 1 aromatic carbocycles. The summed E-state index contributed by atoms with van der Waals surface area (Å²) in [6, 6.07) is 8.09. The summed E-state index contributed by atoms with van der Waals surface area (Å²) in [7, 11) is 1.25. The van der Waals surface area contributed by atoms with Crippen LogP contribution in [0, 0.1) is 0 Å². The fourth-order valence-electron chi connectivity index (χ4n) is 2.06. The van der Waals surface area contributed by atoms with Crippen molar-refractivity contribution in [3.63, 3.8) is 0 Å². The molecule has 124 valence electrons. The number of carbonyl (C=O) groups excluding carboxylic acids is 1. The second-order valence-corrected chi connectivity index (χ2v) is 4.75. The summed E-state index contributed by atoms with van der Waals surface area (Å²) in [6.07, 6.45) is -3.37. The van der Waals surface area contributed by atoms with Gasteiger partial charge in [-0.05, 0) is 17.5 Å². The number of nitrogens with zero attached hydrogens (tertiary/aromatic N) is 2. The van der Waals surface area contributed by atoms with Gasteiger partial charge in [0.25, 0.3) is 0 Å². The van der Waals surface area contributed by atoms with E-state index < -0.39 is 18.0 Å². The quantitative estimate of drug-likeness (QED) is 0.743. The molecule has 9 heteroatoms. The van der Waals surface area contributed by atoms with Crippen LogP contribution in [-0.4, -0.2) is 34.2 Å². The largest absolute Gasteiger partial charge is 0.491 e. The van der Waals surface area contributed by atoms with Gasteiger partial charge in [0.15, 0.2) is 0 Å². The summed E-state index contributed by atoms with van der Waals surface area (Å²) in [4.78, 5) is 21.6. The highest BCUT2D eigenvalue weighted by Gasteiger charge is 2.41. The summed E-state index contributed by atoms with van der Waals surface area (Å²) in [5.74, 6) is -2.92. The van der Waals surface area contributed by atoms with E-state index in [0.29, 0.717) is 5.56 Å². The van der Waals surface area contributed by atoms with Crippen molar-refractivity contribution >= 4 is 16.9 Å². The molecule has 6 nitrogen and oxygen atoms in total. The molecular formula is C15H10F3N3O3. The van der Waals surface area contributed by atoms with Gasteiger partial charge in [0, 0.05) is 23.3 Å². The van der Waals surface area contributed by atoms with Crippen LogP contribution in [0.4, 0.5) is 13.2 Å². The van der Waals surface area contributed by atoms with Crippen molar-refractivity contribution in [2.24, 2.45) is 0 Å². The third-order valence-electron chi connectivity index (χ3n) is 3.14. The predicted molar refractivity (Wildman–Crippen MR) is 77.6 cm³/mol. The molecule has 0 aliphatic carbocycles. The molecule has 0 aliphatic heterocycles. The number of aromatic nitrogens is 3.